The molecule has 0 N–H and O–H groups in total. The fraction of sp³-hybridized carbons (Fsp3) is 0.333. The van der Waals surface area contributed by atoms with Gasteiger partial charge in [-0.15, -0.1) is 0 Å². The molecule has 2 aliphatic heterocycles. The van der Waals surface area contributed by atoms with Crippen LogP contribution in [0.25, 0.3) is 22.1 Å². The van der Waals surface area contributed by atoms with Gasteiger partial charge in [-0.05, 0) is 55.4 Å². The Hall–Kier alpha value is -3.72. The highest BCUT2D eigenvalue weighted by Crippen LogP contribution is 2.38. The van der Waals surface area contributed by atoms with Gasteiger partial charge in [-0.2, -0.15) is 0 Å². The van der Waals surface area contributed by atoms with Crippen LogP contribution in [0, 0.1) is 0 Å². The van der Waals surface area contributed by atoms with E-state index in [1.54, 1.807) is 18.7 Å². The largest absolute Gasteiger partial charge is 0.464 e. The van der Waals surface area contributed by atoms with Crippen LogP contribution < -0.4 is 0 Å². The van der Waals surface area contributed by atoms with Gasteiger partial charge in [0, 0.05) is 36.4 Å². The highest BCUT2D eigenvalue weighted by Gasteiger charge is 2.60. The lowest BCUT2D eigenvalue weighted by Crippen LogP contribution is -2.63. The van der Waals surface area contributed by atoms with Crippen LogP contribution in [0.4, 0.5) is 0 Å². The van der Waals surface area contributed by atoms with E-state index >= 15 is 0 Å². The Labute approximate surface area is 189 Å². The molecule has 0 saturated carbocycles. The number of likely N-dealkylation sites (N-methyl/N-ethyl adjacent to an activating group) is 1. The Morgan fingerprint density at radius 2 is 1.91 bits per heavy atom. The summed E-state index contributed by atoms with van der Waals surface area (Å²) >= 11 is 0. The van der Waals surface area contributed by atoms with Gasteiger partial charge in [-0.25, -0.2) is 9.59 Å². The van der Waals surface area contributed by atoms with Crippen molar-refractivity contribution in [1.82, 2.24) is 14.8 Å². The third-order valence-corrected chi connectivity index (χ3v) is 6.00. The predicted octanol–water partition coefficient (Wildman–Crippen LogP) is 2.13. The molecule has 170 valence electrons. The molecule has 4 heterocycles. The SMILES string of the molecule is CN(C)CCc1coc2ccc(-c3cncc(CC(=O)N4CCC45OC(=O)C(=O)O5)c3)cc12. The van der Waals surface area contributed by atoms with Crippen molar-refractivity contribution < 1.29 is 28.3 Å². The minimum Gasteiger partial charge on any atom is -0.464 e. The Kier molecular flexibility index (Phi) is 5.13. The third kappa shape index (κ3) is 3.84. The Balaban J connectivity index is 1.35. The van der Waals surface area contributed by atoms with Crippen LogP contribution in [-0.2, 0) is 36.7 Å². The Morgan fingerprint density at radius 3 is 2.61 bits per heavy atom. The van der Waals surface area contributed by atoms with E-state index in [0.717, 1.165) is 40.6 Å². The molecule has 0 radical (unpaired) electrons. The van der Waals surface area contributed by atoms with Crippen LogP contribution in [0.1, 0.15) is 17.5 Å². The molecule has 1 aromatic carbocycles. The number of carbonyl (C=O) groups excluding carboxylic acids is 3. The van der Waals surface area contributed by atoms with Crippen molar-refractivity contribution in [2.24, 2.45) is 0 Å². The van der Waals surface area contributed by atoms with E-state index in [-0.39, 0.29) is 18.7 Å². The molecule has 1 amide bonds. The normalized spacial score (nSPS) is 16.9. The molecule has 1 spiro atoms. The molecular formula is C24H23N3O6. The van der Waals surface area contributed by atoms with Crippen molar-refractivity contribution in [2.75, 3.05) is 27.2 Å². The molecule has 9 heteroatoms. The zero-order valence-corrected chi connectivity index (χ0v) is 18.4. The quantitative estimate of drug-likeness (QED) is 0.417. The van der Waals surface area contributed by atoms with E-state index in [1.165, 1.54) is 4.90 Å². The molecule has 0 atom stereocenters. The second-order valence-electron chi connectivity index (χ2n) is 8.57. The molecule has 3 aromatic rings. The lowest BCUT2D eigenvalue weighted by atomic mass is 10.0. The summed E-state index contributed by atoms with van der Waals surface area (Å²) in [5.41, 5.74) is 4.52. The number of hydrogen-bond donors (Lipinski definition) is 0. The number of aromatic nitrogens is 1. The second kappa shape index (κ2) is 8.00. The minimum atomic E-state index is -1.58. The van der Waals surface area contributed by atoms with E-state index < -0.39 is 17.8 Å². The van der Waals surface area contributed by atoms with Gasteiger partial charge in [-0.1, -0.05) is 6.07 Å². The summed E-state index contributed by atoms with van der Waals surface area (Å²) in [4.78, 5) is 43.4. The number of benzene rings is 1. The molecule has 2 aromatic heterocycles. The van der Waals surface area contributed by atoms with E-state index in [1.807, 2.05) is 32.3 Å². The molecule has 5 rings (SSSR count). The number of likely N-dealkylation sites (tertiary alicyclic amines) is 1. The summed E-state index contributed by atoms with van der Waals surface area (Å²) < 4.78 is 15.7. The van der Waals surface area contributed by atoms with Crippen LogP contribution >= 0.6 is 0 Å². The lowest BCUT2D eigenvalue weighted by Gasteiger charge is -2.45. The highest BCUT2D eigenvalue weighted by molar-refractivity contribution is 6.31. The van der Waals surface area contributed by atoms with E-state index in [4.69, 9.17) is 13.9 Å². The van der Waals surface area contributed by atoms with Crippen molar-refractivity contribution in [3.8, 4) is 11.1 Å². The zero-order valence-electron chi connectivity index (χ0n) is 18.4. The van der Waals surface area contributed by atoms with Crippen LogP contribution in [0.3, 0.4) is 0 Å². The maximum atomic E-state index is 12.8. The number of nitrogens with zero attached hydrogens (tertiary/aromatic N) is 3. The fourth-order valence-corrected chi connectivity index (χ4v) is 4.14. The number of pyridine rings is 1. The predicted molar refractivity (Wildman–Crippen MR) is 117 cm³/mol. The van der Waals surface area contributed by atoms with Crippen molar-refractivity contribution in [2.45, 2.75) is 25.2 Å². The summed E-state index contributed by atoms with van der Waals surface area (Å²) in [5.74, 6) is -4.03. The molecule has 0 aliphatic carbocycles. The monoisotopic (exact) mass is 449 g/mol. The first-order chi connectivity index (χ1) is 15.8. The average molecular weight is 449 g/mol. The number of hydrogen-bond acceptors (Lipinski definition) is 8. The molecule has 2 aliphatic rings. The van der Waals surface area contributed by atoms with Crippen LogP contribution in [0.5, 0.6) is 0 Å². The molecule has 0 unspecified atom stereocenters. The van der Waals surface area contributed by atoms with Crippen LogP contribution in [0.15, 0.2) is 47.3 Å². The van der Waals surface area contributed by atoms with Gasteiger partial charge in [-0.3, -0.25) is 14.7 Å². The lowest BCUT2D eigenvalue weighted by molar-refractivity contribution is -0.289. The maximum absolute atomic E-state index is 12.8. The number of furan rings is 1. The molecular weight excluding hydrogens is 426 g/mol. The second-order valence-corrected chi connectivity index (χ2v) is 8.57. The van der Waals surface area contributed by atoms with Crippen molar-refractivity contribution >= 4 is 28.8 Å². The number of fused-ring (bicyclic) bond motifs is 1. The van der Waals surface area contributed by atoms with Crippen LogP contribution in [-0.4, -0.2) is 65.7 Å². The third-order valence-electron chi connectivity index (χ3n) is 6.00. The fourth-order valence-electron chi connectivity index (χ4n) is 4.14. The van der Waals surface area contributed by atoms with Gasteiger partial charge in [0.15, 0.2) is 0 Å². The molecule has 9 nitrogen and oxygen atoms in total. The number of carbonyl (C=O) groups is 3. The summed E-state index contributed by atoms with van der Waals surface area (Å²) in [6.07, 6.45) is 6.37. The van der Waals surface area contributed by atoms with E-state index in [2.05, 4.69) is 16.0 Å². The number of amides is 1. The van der Waals surface area contributed by atoms with Crippen molar-refractivity contribution in [3.05, 3.63) is 54.0 Å². The maximum Gasteiger partial charge on any atom is 0.422 e. The molecule has 0 bridgehead atoms. The first-order valence-electron chi connectivity index (χ1n) is 10.7. The Morgan fingerprint density at radius 1 is 1.12 bits per heavy atom. The van der Waals surface area contributed by atoms with Gasteiger partial charge >= 0.3 is 17.8 Å². The van der Waals surface area contributed by atoms with Gasteiger partial charge in [0.1, 0.15) is 5.58 Å². The van der Waals surface area contributed by atoms with E-state index in [9.17, 15) is 14.4 Å². The smallest absolute Gasteiger partial charge is 0.422 e. The van der Waals surface area contributed by atoms with Gasteiger partial charge < -0.3 is 18.8 Å². The minimum absolute atomic E-state index is 0.0414. The first kappa shape index (κ1) is 21.1. The van der Waals surface area contributed by atoms with Gasteiger partial charge in [0.05, 0.1) is 19.1 Å². The average Bonchev–Trinajstić information content (AvgIpc) is 3.32. The highest BCUT2D eigenvalue weighted by atomic mass is 16.8. The zero-order chi connectivity index (χ0) is 23.2. The summed E-state index contributed by atoms with van der Waals surface area (Å²) in [7, 11) is 4.07. The number of ether oxygens (including phenoxy) is 2. The topological polar surface area (TPSA) is 102 Å². The number of esters is 2. The van der Waals surface area contributed by atoms with Crippen molar-refractivity contribution in [3.63, 3.8) is 0 Å². The van der Waals surface area contributed by atoms with Gasteiger partial charge in [0.2, 0.25) is 5.91 Å². The summed E-state index contributed by atoms with van der Waals surface area (Å²) in [6.45, 7) is 1.26. The first-order valence-corrected chi connectivity index (χ1v) is 10.7. The molecule has 2 saturated heterocycles. The van der Waals surface area contributed by atoms with Crippen molar-refractivity contribution in [1.29, 1.82) is 0 Å². The summed E-state index contributed by atoms with van der Waals surface area (Å²) in [6, 6.07) is 7.89. The van der Waals surface area contributed by atoms with Crippen LogP contribution in [0.2, 0.25) is 0 Å². The summed E-state index contributed by atoms with van der Waals surface area (Å²) in [5, 5.41) is 1.06. The van der Waals surface area contributed by atoms with E-state index in [0.29, 0.717) is 12.1 Å². The van der Waals surface area contributed by atoms with Gasteiger partial charge in [0.25, 0.3) is 0 Å². The number of rotatable bonds is 6. The molecule has 33 heavy (non-hydrogen) atoms. The molecule has 2 fully saturated rings. The standard InChI is InChI=1S/C24H23N3O6/c1-26(2)7-5-17-14-31-20-4-3-16(11-19(17)20)18-9-15(12-25-13-18)10-21(28)27-8-6-24(27)32-22(29)23(30)33-24/h3-4,9,11-14H,5-8,10H2,1-2H3. The Bertz CT molecular complexity index is 1250.